The summed E-state index contributed by atoms with van der Waals surface area (Å²) in [4.78, 5) is 14.2. The number of carbonyl (C=O) groups is 1. The summed E-state index contributed by atoms with van der Waals surface area (Å²) in [6.45, 7) is 7.86. The van der Waals surface area contributed by atoms with Gasteiger partial charge in [-0.3, -0.25) is 0 Å². The van der Waals surface area contributed by atoms with Crippen molar-refractivity contribution in [2.24, 2.45) is 11.8 Å². The fourth-order valence-electron chi connectivity index (χ4n) is 3.15. The zero-order valence-corrected chi connectivity index (χ0v) is 13.8. The quantitative estimate of drug-likeness (QED) is 0.911. The maximum atomic E-state index is 12.3. The van der Waals surface area contributed by atoms with E-state index in [1.165, 1.54) is 19.3 Å². The van der Waals surface area contributed by atoms with Gasteiger partial charge in [0.1, 0.15) is 5.75 Å². The largest absolute Gasteiger partial charge is 0.491 e. The standard InChI is InChI=1S/C18H26N2O2/c1-12(2)22-17-9-16(8-7-13(17)3)19-18(21)20-10-15(11-20)14-5-4-6-14/h7-9,12,14-15H,4-6,10-11H2,1-3H3,(H,19,21). The van der Waals surface area contributed by atoms with Crippen LogP contribution in [0, 0.1) is 18.8 Å². The Hall–Kier alpha value is -1.71. The van der Waals surface area contributed by atoms with E-state index < -0.39 is 0 Å². The minimum atomic E-state index is 0.00919. The van der Waals surface area contributed by atoms with Gasteiger partial charge in [-0.15, -0.1) is 0 Å². The molecule has 1 heterocycles. The summed E-state index contributed by atoms with van der Waals surface area (Å²) in [7, 11) is 0. The third-order valence-electron chi connectivity index (χ3n) is 4.82. The lowest BCUT2D eigenvalue weighted by Crippen LogP contribution is -2.55. The fraction of sp³-hybridized carbons (Fsp3) is 0.611. The second-order valence-corrected chi connectivity index (χ2v) is 6.93. The first-order valence-electron chi connectivity index (χ1n) is 8.36. The summed E-state index contributed by atoms with van der Waals surface area (Å²) in [6.07, 6.45) is 4.21. The van der Waals surface area contributed by atoms with Crippen molar-refractivity contribution in [3.63, 3.8) is 0 Å². The smallest absolute Gasteiger partial charge is 0.321 e. The maximum absolute atomic E-state index is 12.3. The van der Waals surface area contributed by atoms with Crippen molar-refractivity contribution < 1.29 is 9.53 Å². The molecule has 1 saturated carbocycles. The summed E-state index contributed by atoms with van der Waals surface area (Å²) < 4.78 is 5.77. The van der Waals surface area contributed by atoms with E-state index in [0.29, 0.717) is 0 Å². The molecule has 120 valence electrons. The van der Waals surface area contributed by atoms with Gasteiger partial charge in [0, 0.05) is 24.8 Å². The van der Waals surface area contributed by atoms with Crippen molar-refractivity contribution >= 4 is 11.7 Å². The molecule has 4 nitrogen and oxygen atoms in total. The van der Waals surface area contributed by atoms with E-state index in [1.807, 2.05) is 43.9 Å². The zero-order chi connectivity index (χ0) is 15.7. The average Bonchev–Trinajstić information content (AvgIpc) is 2.34. The van der Waals surface area contributed by atoms with E-state index in [2.05, 4.69) is 5.32 Å². The van der Waals surface area contributed by atoms with Crippen LogP contribution in [0.2, 0.25) is 0 Å². The molecule has 0 unspecified atom stereocenters. The van der Waals surface area contributed by atoms with Crippen molar-refractivity contribution in [3.8, 4) is 5.75 Å². The lowest BCUT2D eigenvalue weighted by atomic mass is 9.73. The Kier molecular flexibility index (Phi) is 4.27. The van der Waals surface area contributed by atoms with E-state index in [-0.39, 0.29) is 12.1 Å². The Bertz CT molecular complexity index is 546. The summed E-state index contributed by atoms with van der Waals surface area (Å²) in [5.41, 5.74) is 1.89. The number of amides is 2. The van der Waals surface area contributed by atoms with Crippen LogP contribution in [0.5, 0.6) is 5.75 Å². The molecule has 1 aliphatic heterocycles. The number of rotatable bonds is 4. The molecule has 1 aromatic carbocycles. The van der Waals surface area contributed by atoms with Gasteiger partial charge in [0.25, 0.3) is 0 Å². The number of hydrogen-bond acceptors (Lipinski definition) is 2. The topological polar surface area (TPSA) is 41.6 Å². The summed E-state index contributed by atoms with van der Waals surface area (Å²) >= 11 is 0. The van der Waals surface area contributed by atoms with Crippen LogP contribution in [0.4, 0.5) is 10.5 Å². The minimum Gasteiger partial charge on any atom is -0.491 e. The molecule has 22 heavy (non-hydrogen) atoms. The van der Waals surface area contributed by atoms with Crippen LogP contribution in [0.1, 0.15) is 38.7 Å². The molecule has 0 aromatic heterocycles. The van der Waals surface area contributed by atoms with E-state index in [4.69, 9.17) is 4.74 Å². The van der Waals surface area contributed by atoms with Gasteiger partial charge < -0.3 is 15.0 Å². The van der Waals surface area contributed by atoms with Crippen molar-refractivity contribution in [2.75, 3.05) is 18.4 Å². The minimum absolute atomic E-state index is 0.00919. The molecule has 0 spiro atoms. The van der Waals surface area contributed by atoms with Gasteiger partial charge in [-0.05, 0) is 44.2 Å². The van der Waals surface area contributed by atoms with Crippen molar-refractivity contribution in [2.45, 2.75) is 46.1 Å². The fourth-order valence-corrected chi connectivity index (χ4v) is 3.15. The molecule has 0 radical (unpaired) electrons. The van der Waals surface area contributed by atoms with Crippen LogP contribution in [0.3, 0.4) is 0 Å². The SMILES string of the molecule is Cc1ccc(NC(=O)N2CC(C3CCC3)C2)cc1OC(C)C. The number of benzene rings is 1. The molecule has 2 fully saturated rings. The Morgan fingerprint density at radius 1 is 1.27 bits per heavy atom. The van der Waals surface area contributed by atoms with E-state index in [9.17, 15) is 4.79 Å². The predicted octanol–water partition coefficient (Wildman–Crippen LogP) is 4.05. The van der Waals surface area contributed by atoms with E-state index in [0.717, 1.165) is 41.9 Å². The highest BCUT2D eigenvalue weighted by molar-refractivity contribution is 5.90. The van der Waals surface area contributed by atoms with Crippen molar-refractivity contribution in [1.82, 2.24) is 4.90 Å². The van der Waals surface area contributed by atoms with Gasteiger partial charge in [-0.2, -0.15) is 0 Å². The lowest BCUT2D eigenvalue weighted by molar-refractivity contribution is 0.0569. The third kappa shape index (κ3) is 3.21. The number of urea groups is 1. The normalized spacial score (nSPS) is 18.8. The number of hydrogen-bond donors (Lipinski definition) is 1. The summed E-state index contributed by atoms with van der Waals surface area (Å²) in [6, 6.07) is 5.84. The highest BCUT2D eigenvalue weighted by Crippen LogP contribution is 2.38. The number of aryl methyl sites for hydroxylation is 1. The van der Waals surface area contributed by atoms with Gasteiger partial charge in [0.2, 0.25) is 0 Å². The Balaban J connectivity index is 1.55. The summed E-state index contributed by atoms with van der Waals surface area (Å²) in [5.74, 6) is 2.44. The van der Waals surface area contributed by atoms with Crippen LogP contribution in [0.15, 0.2) is 18.2 Å². The highest BCUT2D eigenvalue weighted by Gasteiger charge is 2.38. The van der Waals surface area contributed by atoms with Crippen molar-refractivity contribution in [1.29, 1.82) is 0 Å². The van der Waals surface area contributed by atoms with Gasteiger partial charge in [-0.25, -0.2) is 4.79 Å². The van der Waals surface area contributed by atoms with E-state index >= 15 is 0 Å². The molecule has 1 saturated heterocycles. The van der Waals surface area contributed by atoms with Crippen LogP contribution >= 0.6 is 0 Å². The first-order valence-corrected chi connectivity index (χ1v) is 8.36. The number of nitrogens with one attached hydrogen (secondary N) is 1. The highest BCUT2D eigenvalue weighted by atomic mass is 16.5. The second-order valence-electron chi connectivity index (χ2n) is 6.93. The Labute approximate surface area is 132 Å². The summed E-state index contributed by atoms with van der Waals surface area (Å²) in [5, 5.41) is 2.99. The molecular formula is C18H26N2O2. The van der Waals surface area contributed by atoms with Crippen LogP contribution in [0.25, 0.3) is 0 Å². The maximum Gasteiger partial charge on any atom is 0.321 e. The van der Waals surface area contributed by atoms with Crippen LogP contribution in [-0.2, 0) is 0 Å². The number of ether oxygens (including phenoxy) is 1. The molecule has 1 aliphatic carbocycles. The molecule has 1 N–H and O–H groups in total. The Morgan fingerprint density at radius 2 is 2.00 bits per heavy atom. The zero-order valence-electron chi connectivity index (χ0n) is 13.8. The van der Waals surface area contributed by atoms with Gasteiger partial charge >= 0.3 is 6.03 Å². The number of nitrogens with zero attached hydrogens (tertiary/aromatic N) is 1. The third-order valence-corrected chi connectivity index (χ3v) is 4.82. The lowest BCUT2D eigenvalue weighted by Gasteiger charge is -2.46. The number of carbonyl (C=O) groups excluding carboxylic acids is 1. The molecule has 3 rings (SSSR count). The number of anilines is 1. The molecule has 2 amide bonds. The molecular weight excluding hydrogens is 276 g/mol. The number of likely N-dealkylation sites (tertiary alicyclic amines) is 1. The molecule has 0 atom stereocenters. The van der Waals surface area contributed by atoms with Crippen LogP contribution in [-0.4, -0.2) is 30.1 Å². The monoisotopic (exact) mass is 302 g/mol. The van der Waals surface area contributed by atoms with Gasteiger partial charge in [-0.1, -0.05) is 25.3 Å². The van der Waals surface area contributed by atoms with Crippen LogP contribution < -0.4 is 10.1 Å². The molecule has 1 aromatic rings. The Morgan fingerprint density at radius 3 is 2.59 bits per heavy atom. The molecule has 4 heteroatoms. The average molecular weight is 302 g/mol. The van der Waals surface area contributed by atoms with E-state index in [1.54, 1.807) is 0 Å². The first kappa shape index (κ1) is 15.2. The second kappa shape index (κ2) is 6.19. The van der Waals surface area contributed by atoms with Gasteiger partial charge in [0.15, 0.2) is 0 Å². The molecule has 0 bridgehead atoms. The van der Waals surface area contributed by atoms with Crippen molar-refractivity contribution in [3.05, 3.63) is 23.8 Å². The van der Waals surface area contributed by atoms with Gasteiger partial charge in [0.05, 0.1) is 6.10 Å². The predicted molar refractivity (Wildman–Crippen MR) is 88.4 cm³/mol. The molecule has 2 aliphatic rings. The first-order chi connectivity index (χ1) is 10.5.